The molecular formula is C36H49N2O6P2S2+. The minimum Gasteiger partial charge on any atom is -0.335 e. The number of hydrogen-bond acceptors (Lipinski definition) is 9. The lowest BCUT2D eigenvalue weighted by molar-refractivity contribution is -0.668. The standard InChI is InChI=1S/C36H49N2O6P2S2/c1-6-41-45(39,42-7-2)24-14-22-37-31-16-10-12-18-33(31)47-35(37)26-29-20-21-30(28(29)5)27-36-38(32-17-11-13-19-34(32)48-36)23-15-25-46(40,43-8-3)44-9-4/h10-13,16-19,26-27H,6-9,14-15,20-25H2,1-5H3/q+1. The summed E-state index contributed by atoms with van der Waals surface area (Å²) in [4.78, 5) is 3.59. The summed E-state index contributed by atoms with van der Waals surface area (Å²) < 4.78 is 52.1. The molecule has 2 heterocycles. The van der Waals surface area contributed by atoms with Crippen molar-refractivity contribution in [3.63, 3.8) is 0 Å². The summed E-state index contributed by atoms with van der Waals surface area (Å²) >= 11 is 3.59. The largest absolute Gasteiger partial charge is 0.335 e. The number of thioether (sulfide) groups is 1. The van der Waals surface area contributed by atoms with Gasteiger partial charge in [-0.05, 0) is 94.9 Å². The lowest BCUT2D eigenvalue weighted by Gasteiger charge is -2.22. The van der Waals surface area contributed by atoms with Crippen molar-refractivity contribution in [1.82, 2.24) is 0 Å². The van der Waals surface area contributed by atoms with E-state index in [1.807, 2.05) is 27.7 Å². The molecular weight excluding hydrogens is 682 g/mol. The molecule has 0 saturated heterocycles. The number of nitrogens with zero attached hydrogens (tertiary/aromatic N) is 2. The molecule has 5 rings (SSSR count). The van der Waals surface area contributed by atoms with Gasteiger partial charge < -0.3 is 23.0 Å². The number of aryl methyl sites for hydroxylation is 1. The van der Waals surface area contributed by atoms with Gasteiger partial charge in [0.1, 0.15) is 4.70 Å². The topological polar surface area (TPSA) is 78.2 Å². The molecule has 0 amide bonds. The van der Waals surface area contributed by atoms with Crippen LogP contribution >= 0.6 is 38.3 Å². The minimum absolute atomic E-state index is 0.375. The van der Waals surface area contributed by atoms with Crippen LogP contribution in [-0.4, -0.2) is 45.3 Å². The summed E-state index contributed by atoms with van der Waals surface area (Å²) in [6.45, 7) is 12.6. The van der Waals surface area contributed by atoms with E-state index in [1.54, 1.807) is 23.1 Å². The fraction of sp³-hybridized carbons (Fsp3) is 0.472. The van der Waals surface area contributed by atoms with Crippen LogP contribution in [-0.2, 0) is 33.8 Å². The van der Waals surface area contributed by atoms with Crippen LogP contribution in [0.2, 0.25) is 0 Å². The number of hydrogen-bond donors (Lipinski definition) is 0. The SMILES string of the molecule is CCOP(=O)(CCCN1C(=CC2=C(C)C(=Cc3sc4ccccc4[n+]3CCCP(=O)(OCC)OCC)CC2)Sc2ccccc21)OCC. The van der Waals surface area contributed by atoms with Gasteiger partial charge >= 0.3 is 15.2 Å². The summed E-state index contributed by atoms with van der Waals surface area (Å²) in [5.74, 6) is 0. The van der Waals surface area contributed by atoms with E-state index in [4.69, 9.17) is 18.1 Å². The zero-order valence-electron chi connectivity index (χ0n) is 28.8. The van der Waals surface area contributed by atoms with Crippen LogP contribution in [0.25, 0.3) is 16.3 Å². The first-order valence-corrected chi connectivity index (χ1v) is 22.2. The van der Waals surface area contributed by atoms with Gasteiger partial charge in [0, 0.05) is 30.0 Å². The van der Waals surface area contributed by atoms with Gasteiger partial charge in [0.15, 0.2) is 6.54 Å². The molecule has 12 heteroatoms. The Bertz CT molecular complexity index is 1750. The third kappa shape index (κ3) is 9.01. The maximum absolute atomic E-state index is 13.1. The average Bonchev–Trinajstić information content (AvgIpc) is 3.71. The number of fused-ring (bicyclic) bond motifs is 2. The molecule has 1 aliphatic carbocycles. The summed E-state index contributed by atoms with van der Waals surface area (Å²) in [6, 6.07) is 17.0. The third-order valence-electron chi connectivity index (χ3n) is 8.43. The molecule has 2 aliphatic rings. The molecule has 0 atom stereocenters. The van der Waals surface area contributed by atoms with E-state index in [0.29, 0.717) is 51.6 Å². The molecule has 2 aromatic carbocycles. The summed E-state index contributed by atoms with van der Waals surface area (Å²) in [5.41, 5.74) is 6.38. The van der Waals surface area contributed by atoms with Crippen LogP contribution in [0, 0.1) is 0 Å². The van der Waals surface area contributed by atoms with Crippen molar-refractivity contribution >= 4 is 60.3 Å². The number of thiazole rings is 1. The van der Waals surface area contributed by atoms with E-state index in [1.165, 1.54) is 47.6 Å². The van der Waals surface area contributed by atoms with E-state index >= 15 is 0 Å². The lowest BCUT2D eigenvalue weighted by atomic mass is 10.1. The van der Waals surface area contributed by atoms with Crippen molar-refractivity contribution in [3.05, 3.63) is 81.4 Å². The molecule has 0 radical (unpaired) electrons. The number of benzene rings is 2. The Morgan fingerprint density at radius 1 is 0.812 bits per heavy atom. The molecule has 0 bridgehead atoms. The van der Waals surface area contributed by atoms with Gasteiger partial charge in [-0.3, -0.25) is 9.13 Å². The molecule has 0 saturated carbocycles. The van der Waals surface area contributed by atoms with Crippen LogP contribution in [0.5, 0.6) is 0 Å². The lowest BCUT2D eigenvalue weighted by Crippen LogP contribution is -2.35. The fourth-order valence-corrected chi connectivity index (χ4v) is 11.9. The maximum Gasteiger partial charge on any atom is 0.330 e. The predicted octanol–water partition coefficient (Wildman–Crippen LogP) is 10.4. The van der Waals surface area contributed by atoms with Crippen LogP contribution in [0.15, 0.2) is 81.3 Å². The highest BCUT2D eigenvalue weighted by molar-refractivity contribution is 8.03. The van der Waals surface area contributed by atoms with E-state index < -0.39 is 15.2 Å². The molecule has 1 aromatic heterocycles. The van der Waals surface area contributed by atoms with E-state index in [9.17, 15) is 9.13 Å². The van der Waals surface area contributed by atoms with Crippen molar-refractivity contribution in [2.75, 3.05) is 50.2 Å². The molecule has 0 fully saturated rings. The Kier molecular flexibility index (Phi) is 13.4. The normalized spacial score (nSPS) is 17.1. The van der Waals surface area contributed by atoms with Gasteiger partial charge in [0.2, 0.25) is 5.52 Å². The maximum atomic E-state index is 13.1. The predicted molar refractivity (Wildman–Crippen MR) is 200 cm³/mol. The Morgan fingerprint density at radius 2 is 1.44 bits per heavy atom. The number of rotatable bonds is 18. The highest BCUT2D eigenvalue weighted by Gasteiger charge is 2.30. The van der Waals surface area contributed by atoms with Gasteiger partial charge in [0.25, 0.3) is 5.01 Å². The molecule has 3 aromatic rings. The van der Waals surface area contributed by atoms with E-state index in [-0.39, 0.29) is 0 Å². The van der Waals surface area contributed by atoms with Gasteiger partial charge in [-0.25, -0.2) is 0 Å². The van der Waals surface area contributed by atoms with E-state index in [0.717, 1.165) is 25.9 Å². The Labute approximate surface area is 294 Å². The van der Waals surface area contributed by atoms with Crippen molar-refractivity contribution in [1.29, 1.82) is 0 Å². The fourth-order valence-electron chi connectivity index (χ4n) is 6.26. The quantitative estimate of drug-likeness (QED) is 0.0945. The van der Waals surface area contributed by atoms with Crippen molar-refractivity contribution < 1.29 is 31.8 Å². The summed E-state index contributed by atoms with van der Waals surface area (Å²) in [6.07, 6.45) is 8.84. The molecule has 260 valence electrons. The second-order valence-electron chi connectivity index (χ2n) is 11.6. The number of aromatic nitrogens is 1. The smallest absolute Gasteiger partial charge is 0.330 e. The van der Waals surface area contributed by atoms with Crippen molar-refractivity contribution in [3.8, 4) is 0 Å². The monoisotopic (exact) mass is 731 g/mol. The first-order valence-electron chi connectivity index (χ1n) is 17.1. The second-order valence-corrected chi connectivity index (χ2v) is 18.1. The molecule has 1 aliphatic heterocycles. The molecule has 8 nitrogen and oxygen atoms in total. The van der Waals surface area contributed by atoms with Crippen LogP contribution < -0.4 is 9.47 Å². The average molecular weight is 732 g/mol. The van der Waals surface area contributed by atoms with Gasteiger partial charge in [0.05, 0.1) is 49.5 Å². The van der Waals surface area contributed by atoms with Crippen LogP contribution in [0.4, 0.5) is 5.69 Å². The summed E-state index contributed by atoms with van der Waals surface area (Å²) in [7, 11) is -6.19. The molecule has 48 heavy (non-hydrogen) atoms. The van der Waals surface area contributed by atoms with Gasteiger partial charge in [-0.2, -0.15) is 4.57 Å². The van der Waals surface area contributed by atoms with Crippen LogP contribution in [0.3, 0.4) is 0 Å². The molecule has 0 N–H and O–H groups in total. The van der Waals surface area contributed by atoms with Gasteiger partial charge in [-0.15, -0.1) is 0 Å². The first-order chi connectivity index (χ1) is 23.2. The Morgan fingerprint density at radius 3 is 2.12 bits per heavy atom. The number of allylic oxidation sites excluding steroid dienone is 4. The molecule has 0 spiro atoms. The second kappa shape index (κ2) is 17.3. The van der Waals surface area contributed by atoms with Crippen molar-refractivity contribution in [2.45, 2.75) is 71.7 Å². The van der Waals surface area contributed by atoms with Gasteiger partial charge in [-0.1, -0.05) is 47.4 Å². The van der Waals surface area contributed by atoms with Crippen LogP contribution in [0.1, 0.15) is 65.3 Å². The summed E-state index contributed by atoms with van der Waals surface area (Å²) in [5, 5.41) is 2.39. The van der Waals surface area contributed by atoms with Crippen molar-refractivity contribution in [2.24, 2.45) is 0 Å². The number of anilines is 1. The first kappa shape index (κ1) is 37.3. The highest BCUT2D eigenvalue weighted by Crippen LogP contribution is 2.51. The Hall–Kier alpha value is -2.00. The van der Waals surface area contributed by atoms with E-state index in [2.05, 4.69) is 77.1 Å². The minimum atomic E-state index is -3.10. The zero-order valence-corrected chi connectivity index (χ0v) is 32.2. The molecule has 0 unspecified atom stereocenters. The highest BCUT2D eigenvalue weighted by atomic mass is 32.2. The number of para-hydroxylation sites is 2. The Balaban J connectivity index is 1.38. The zero-order chi connectivity index (χ0) is 34.1. The third-order valence-corrected chi connectivity index (χ3v) is 15.0.